The van der Waals surface area contributed by atoms with Crippen LogP contribution in [-0.2, 0) is 25.4 Å². The smallest absolute Gasteiger partial charge is 0.332 e. The van der Waals surface area contributed by atoms with Crippen molar-refractivity contribution in [1.82, 2.24) is 24.0 Å². The van der Waals surface area contributed by atoms with Gasteiger partial charge in [-0.2, -0.15) is 0 Å². The van der Waals surface area contributed by atoms with E-state index in [0.29, 0.717) is 37.1 Å². The van der Waals surface area contributed by atoms with Crippen LogP contribution in [0.2, 0.25) is 0 Å². The van der Waals surface area contributed by atoms with Crippen LogP contribution in [0.25, 0.3) is 11.2 Å². The average molecular weight is 398 g/mol. The lowest BCUT2D eigenvalue weighted by Gasteiger charge is -2.08. The first-order valence-corrected chi connectivity index (χ1v) is 9.65. The number of fused-ring (bicyclic) bond motifs is 1. The number of imidazole rings is 1. The van der Waals surface area contributed by atoms with Gasteiger partial charge in [0.15, 0.2) is 11.2 Å². The molecule has 0 saturated carbocycles. The SMILES string of the molecule is Cn1c(=O)c2c(ncn2CCCC(=O)NCCCNc2ccccc2)n(C)c1=O. The van der Waals surface area contributed by atoms with Crippen LogP contribution < -0.4 is 21.9 Å². The second kappa shape index (κ2) is 9.22. The van der Waals surface area contributed by atoms with Crippen molar-refractivity contribution >= 4 is 22.8 Å². The maximum atomic E-state index is 12.4. The highest BCUT2D eigenvalue weighted by Gasteiger charge is 2.14. The number of amides is 1. The van der Waals surface area contributed by atoms with Gasteiger partial charge in [0.2, 0.25) is 5.91 Å². The zero-order chi connectivity index (χ0) is 20.8. The molecular formula is C20H26N6O3. The molecule has 0 unspecified atom stereocenters. The number of anilines is 1. The molecule has 2 N–H and O–H groups in total. The Bertz CT molecular complexity index is 1100. The Morgan fingerprint density at radius 2 is 1.79 bits per heavy atom. The van der Waals surface area contributed by atoms with E-state index in [9.17, 15) is 14.4 Å². The van der Waals surface area contributed by atoms with E-state index in [1.54, 1.807) is 17.9 Å². The molecular weight excluding hydrogens is 372 g/mol. The van der Waals surface area contributed by atoms with Gasteiger partial charge < -0.3 is 15.2 Å². The van der Waals surface area contributed by atoms with E-state index < -0.39 is 5.69 Å². The number of benzene rings is 1. The summed E-state index contributed by atoms with van der Waals surface area (Å²) in [5.41, 5.74) is 1.01. The molecule has 1 amide bonds. The number of hydrogen-bond acceptors (Lipinski definition) is 5. The molecule has 0 atom stereocenters. The highest BCUT2D eigenvalue weighted by atomic mass is 16.2. The third-order valence-corrected chi connectivity index (χ3v) is 4.80. The second-order valence-corrected chi connectivity index (χ2v) is 6.92. The van der Waals surface area contributed by atoms with Crippen LogP contribution in [-0.4, -0.2) is 37.7 Å². The molecule has 29 heavy (non-hydrogen) atoms. The lowest BCUT2D eigenvalue weighted by Crippen LogP contribution is -2.37. The summed E-state index contributed by atoms with van der Waals surface area (Å²) in [7, 11) is 3.03. The summed E-state index contributed by atoms with van der Waals surface area (Å²) >= 11 is 0. The second-order valence-electron chi connectivity index (χ2n) is 6.92. The molecule has 0 bridgehead atoms. The molecule has 0 spiro atoms. The molecule has 3 rings (SSSR count). The topological polar surface area (TPSA) is 103 Å². The number of aromatic nitrogens is 4. The van der Waals surface area contributed by atoms with Crippen molar-refractivity contribution in [1.29, 1.82) is 0 Å². The molecule has 154 valence electrons. The number of nitrogens with one attached hydrogen (secondary N) is 2. The van der Waals surface area contributed by atoms with Gasteiger partial charge in [-0.3, -0.25) is 18.7 Å². The van der Waals surface area contributed by atoms with E-state index in [1.807, 2.05) is 30.3 Å². The highest BCUT2D eigenvalue weighted by molar-refractivity contribution is 5.75. The Morgan fingerprint density at radius 1 is 1.03 bits per heavy atom. The molecule has 1 aromatic carbocycles. The maximum absolute atomic E-state index is 12.4. The number of para-hydroxylation sites is 1. The van der Waals surface area contributed by atoms with Gasteiger partial charge in [0.25, 0.3) is 5.56 Å². The Labute approximate surface area is 168 Å². The first-order valence-electron chi connectivity index (χ1n) is 9.65. The summed E-state index contributed by atoms with van der Waals surface area (Å²) in [5.74, 6) is -0.0190. The largest absolute Gasteiger partial charge is 0.385 e. The molecule has 0 radical (unpaired) electrons. The Morgan fingerprint density at radius 3 is 2.55 bits per heavy atom. The third-order valence-electron chi connectivity index (χ3n) is 4.80. The molecule has 0 saturated heterocycles. The van der Waals surface area contributed by atoms with E-state index in [1.165, 1.54) is 11.6 Å². The lowest BCUT2D eigenvalue weighted by atomic mass is 10.2. The molecule has 2 aromatic heterocycles. The summed E-state index contributed by atoms with van der Waals surface area (Å²) in [6, 6.07) is 9.93. The van der Waals surface area contributed by atoms with Crippen LogP contribution in [0.3, 0.4) is 0 Å². The van der Waals surface area contributed by atoms with E-state index in [-0.39, 0.29) is 11.5 Å². The van der Waals surface area contributed by atoms with E-state index in [2.05, 4.69) is 15.6 Å². The number of hydrogen-bond donors (Lipinski definition) is 2. The molecule has 0 aliphatic heterocycles. The zero-order valence-corrected chi connectivity index (χ0v) is 16.7. The van der Waals surface area contributed by atoms with Gasteiger partial charge in [0, 0.05) is 45.8 Å². The highest BCUT2D eigenvalue weighted by Crippen LogP contribution is 2.07. The van der Waals surface area contributed by atoms with Crippen molar-refractivity contribution in [3.8, 4) is 0 Å². The Kier molecular flexibility index (Phi) is 6.48. The summed E-state index contributed by atoms with van der Waals surface area (Å²) in [6.07, 6.45) is 3.30. The van der Waals surface area contributed by atoms with Gasteiger partial charge in [0.1, 0.15) is 0 Å². The minimum absolute atomic E-state index is 0.0190. The summed E-state index contributed by atoms with van der Waals surface area (Å²) in [5, 5.41) is 6.21. The molecule has 9 nitrogen and oxygen atoms in total. The minimum Gasteiger partial charge on any atom is -0.385 e. The predicted octanol–water partition coefficient (Wildman–Crippen LogP) is 0.832. The lowest BCUT2D eigenvalue weighted by molar-refractivity contribution is -0.121. The summed E-state index contributed by atoms with van der Waals surface area (Å²) in [4.78, 5) is 40.6. The fourth-order valence-electron chi connectivity index (χ4n) is 3.17. The van der Waals surface area contributed by atoms with Crippen LogP contribution in [0.15, 0.2) is 46.2 Å². The third kappa shape index (κ3) is 4.74. The van der Waals surface area contributed by atoms with Gasteiger partial charge in [-0.1, -0.05) is 18.2 Å². The van der Waals surface area contributed by atoms with Crippen LogP contribution in [0.1, 0.15) is 19.3 Å². The van der Waals surface area contributed by atoms with Crippen LogP contribution in [0.4, 0.5) is 5.69 Å². The summed E-state index contributed by atoms with van der Waals surface area (Å²) < 4.78 is 4.12. The number of carbonyl (C=O) groups is 1. The van der Waals surface area contributed by atoms with Crippen molar-refractivity contribution in [3.05, 3.63) is 57.5 Å². The molecule has 0 aliphatic rings. The standard InChI is InChI=1S/C20H26N6O3/c1-24-18-17(19(28)25(2)20(24)29)26(14-23-18)13-6-10-16(27)22-12-7-11-21-15-8-4-3-5-9-15/h3-5,8-9,14,21H,6-7,10-13H2,1-2H3,(H,22,27). The van der Waals surface area contributed by atoms with E-state index in [4.69, 9.17) is 0 Å². The normalized spacial score (nSPS) is 11.0. The van der Waals surface area contributed by atoms with Crippen LogP contribution in [0.5, 0.6) is 0 Å². The van der Waals surface area contributed by atoms with Gasteiger partial charge in [-0.05, 0) is 25.0 Å². The minimum atomic E-state index is -0.408. The molecule has 3 aromatic rings. The number of carbonyl (C=O) groups excluding carboxylic acids is 1. The monoisotopic (exact) mass is 398 g/mol. The average Bonchev–Trinajstić information content (AvgIpc) is 3.15. The van der Waals surface area contributed by atoms with E-state index >= 15 is 0 Å². The predicted molar refractivity (Wildman–Crippen MR) is 112 cm³/mol. The molecule has 0 fully saturated rings. The van der Waals surface area contributed by atoms with Crippen molar-refractivity contribution < 1.29 is 4.79 Å². The van der Waals surface area contributed by atoms with Gasteiger partial charge in [-0.25, -0.2) is 9.78 Å². The fraction of sp³-hybridized carbons (Fsp3) is 0.400. The molecule has 2 heterocycles. The number of nitrogens with zero attached hydrogens (tertiary/aromatic N) is 4. The van der Waals surface area contributed by atoms with Gasteiger partial charge in [-0.15, -0.1) is 0 Å². The first-order chi connectivity index (χ1) is 14.0. The molecule has 9 heteroatoms. The fourth-order valence-corrected chi connectivity index (χ4v) is 3.17. The van der Waals surface area contributed by atoms with Crippen LogP contribution >= 0.6 is 0 Å². The van der Waals surface area contributed by atoms with E-state index in [0.717, 1.165) is 23.2 Å². The van der Waals surface area contributed by atoms with Crippen molar-refractivity contribution in [2.45, 2.75) is 25.8 Å². The van der Waals surface area contributed by atoms with Crippen molar-refractivity contribution in [2.75, 3.05) is 18.4 Å². The zero-order valence-electron chi connectivity index (χ0n) is 16.7. The maximum Gasteiger partial charge on any atom is 0.332 e. The quantitative estimate of drug-likeness (QED) is 0.520. The Hall–Kier alpha value is -3.36. The Balaban J connectivity index is 1.44. The van der Waals surface area contributed by atoms with Gasteiger partial charge >= 0.3 is 5.69 Å². The van der Waals surface area contributed by atoms with Crippen molar-refractivity contribution in [3.63, 3.8) is 0 Å². The number of rotatable bonds is 9. The molecule has 0 aliphatic carbocycles. The van der Waals surface area contributed by atoms with Gasteiger partial charge in [0.05, 0.1) is 6.33 Å². The first kappa shape index (κ1) is 20.4. The van der Waals surface area contributed by atoms with Crippen LogP contribution in [0, 0.1) is 0 Å². The summed E-state index contributed by atoms with van der Waals surface area (Å²) in [6.45, 7) is 1.87. The van der Waals surface area contributed by atoms with Crippen molar-refractivity contribution in [2.24, 2.45) is 14.1 Å². The number of aryl methyl sites for hydroxylation is 2.